The number of hydrogen-bond acceptors (Lipinski definition) is 3. The van der Waals surface area contributed by atoms with Gasteiger partial charge in [0.15, 0.2) is 11.5 Å². The van der Waals surface area contributed by atoms with Crippen molar-refractivity contribution in [1.82, 2.24) is 0 Å². The number of carbonyl (C=O) groups excluding carboxylic acids is 2. The maximum Gasteiger partial charge on any atom is 0.291 e. The summed E-state index contributed by atoms with van der Waals surface area (Å²) < 4.78 is 19.2. The van der Waals surface area contributed by atoms with Gasteiger partial charge in [0.2, 0.25) is 0 Å². The van der Waals surface area contributed by atoms with E-state index in [1.807, 2.05) is 0 Å². The van der Waals surface area contributed by atoms with Crippen LogP contribution in [0.5, 0.6) is 0 Å². The van der Waals surface area contributed by atoms with Crippen molar-refractivity contribution in [2.45, 2.75) is 6.92 Å². The molecule has 0 aliphatic carbocycles. The molecule has 0 spiro atoms. The van der Waals surface area contributed by atoms with Gasteiger partial charge in [-0.05, 0) is 43.3 Å². The number of nitrogens with one attached hydrogen (secondary N) is 1. The van der Waals surface area contributed by atoms with Crippen LogP contribution in [-0.4, -0.2) is 11.7 Å². The number of halogens is 1. The molecule has 0 radical (unpaired) electrons. The van der Waals surface area contributed by atoms with E-state index in [1.165, 1.54) is 19.1 Å². The molecule has 3 aromatic rings. The van der Waals surface area contributed by atoms with Crippen molar-refractivity contribution in [3.05, 3.63) is 77.8 Å². The molecule has 5 heteroatoms. The van der Waals surface area contributed by atoms with Crippen LogP contribution in [0.4, 0.5) is 10.1 Å². The van der Waals surface area contributed by atoms with E-state index in [9.17, 15) is 14.0 Å². The average molecular weight is 323 g/mol. The first-order chi connectivity index (χ1) is 11.5. The van der Waals surface area contributed by atoms with E-state index < -0.39 is 11.7 Å². The summed E-state index contributed by atoms with van der Waals surface area (Å²) in [4.78, 5) is 23.6. The number of furan rings is 1. The molecule has 1 amide bonds. The number of hydrogen-bond donors (Lipinski definition) is 1. The molecule has 1 N–H and O–H groups in total. The normalized spacial score (nSPS) is 10.4. The van der Waals surface area contributed by atoms with Crippen molar-refractivity contribution >= 4 is 17.4 Å². The standard InChI is InChI=1S/C19H14FNO3/c1-12(22)13-5-4-6-14(11-13)21-19(23)18-10-9-17(24-18)15-7-2-3-8-16(15)20/h2-11H,1H3,(H,21,23). The first kappa shape index (κ1) is 15.7. The van der Waals surface area contributed by atoms with Gasteiger partial charge in [0.1, 0.15) is 11.6 Å². The zero-order valence-corrected chi connectivity index (χ0v) is 12.9. The summed E-state index contributed by atoms with van der Waals surface area (Å²) in [7, 11) is 0. The van der Waals surface area contributed by atoms with Crippen LogP contribution in [-0.2, 0) is 0 Å². The molecular weight excluding hydrogens is 309 g/mol. The predicted octanol–water partition coefficient (Wildman–Crippen LogP) is 4.54. The fourth-order valence-electron chi connectivity index (χ4n) is 2.27. The average Bonchev–Trinajstić information content (AvgIpc) is 3.05. The maximum absolute atomic E-state index is 13.8. The highest BCUT2D eigenvalue weighted by atomic mass is 19.1. The van der Waals surface area contributed by atoms with Crippen molar-refractivity contribution < 1.29 is 18.4 Å². The quantitative estimate of drug-likeness (QED) is 0.717. The Hall–Kier alpha value is -3.21. The highest BCUT2D eigenvalue weighted by Crippen LogP contribution is 2.25. The van der Waals surface area contributed by atoms with E-state index in [0.717, 1.165) is 0 Å². The third-order valence-corrected chi connectivity index (χ3v) is 3.50. The van der Waals surface area contributed by atoms with Crippen LogP contribution in [0.2, 0.25) is 0 Å². The van der Waals surface area contributed by atoms with Crippen LogP contribution in [0.3, 0.4) is 0 Å². The number of benzene rings is 2. The zero-order chi connectivity index (χ0) is 17.1. The minimum absolute atomic E-state index is 0.0569. The fourth-order valence-corrected chi connectivity index (χ4v) is 2.27. The Bertz CT molecular complexity index is 914. The number of Topliss-reactive ketones (excluding diaryl/α,β-unsaturated/α-hetero) is 1. The predicted molar refractivity (Wildman–Crippen MR) is 88.5 cm³/mol. The molecule has 4 nitrogen and oxygen atoms in total. The zero-order valence-electron chi connectivity index (χ0n) is 12.9. The monoisotopic (exact) mass is 323 g/mol. The van der Waals surface area contributed by atoms with Crippen LogP contribution in [0, 0.1) is 5.82 Å². The molecule has 0 aliphatic heterocycles. The van der Waals surface area contributed by atoms with Gasteiger partial charge in [0.25, 0.3) is 5.91 Å². The van der Waals surface area contributed by atoms with Gasteiger partial charge in [0, 0.05) is 11.3 Å². The molecule has 0 fully saturated rings. The van der Waals surface area contributed by atoms with Crippen molar-refractivity contribution in [2.24, 2.45) is 0 Å². The van der Waals surface area contributed by atoms with Crippen LogP contribution in [0.15, 0.2) is 65.1 Å². The van der Waals surface area contributed by atoms with E-state index in [4.69, 9.17) is 4.42 Å². The summed E-state index contributed by atoms with van der Waals surface area (Å²) in [6, 6.07) is 15.8. The second-order valence-electron chi connectivity index (χ2n) is 5.23. The van der Waals surface area contributed by atoms with Crippen LogP contribution < -0.4 is 5.32 Å². The molecule has 1 aromatic heterocycles. The first-order valence-corrected chi connectivity index (χ1v) is 7.31. The Kier molecular flexibility index (Phi) is 4.24. The molecule has 2 aromatic carbocycles. The van der Waals surface area contributed by atoms with Gasteiger partial charge in [-0.15, -0.1) is 0 Å². The van der Waals surface area contributed by atoms with Gasteiger partial charge in [-0.2, -0.15) is 0 Å². The number of ketones is 1. The third-order valence-electron chi connectivity index (χ3n) is 3.50. The summed E-state index contributed by atoms with van der Waals surface area (Å²) in [6.45, 7) is 1.45. The summed E-state index contributed by atoms with van der Waals surface area (Å²) >= 11 is 0. The van der Waals surface area contributed by atoms with Crippen molar-refractivity contribution in [1.29, 1.82) is 0 Å². The van der Waals surface area contributed by atoms with Gasteiger partial charge in [0.05, 0.1) is 5.56 Å². The Morgan fingerprint density at radius 1 is 1.00 bits per heavy atom. The van der Waals surface area contributed by atoms with Crippen LogP contribution in [0.1, 0.15) is 27.8 Å². The van der Waals surface area contributed by atoms with E-state index in [0.29, 0.717) is 11.3 Å². The lowest BCUT2D eigenvalue weighted by Gasteiger charge is -2.04. The number of carbonyl (C=O) groups is 2. The van der Waals surface area contributed by atoms with Gasteiger partial charge in [-0.25, -0.2) is 4.39 Å². The Labute approximate surface area is 137 Å². The summed E-state index contributed by atoms with van der Waals surface area (Å²) in [6.07, 6.45) is 0. The van der Waals surface area contributed by atoms with Crippen LogP contribution in [0.25, 0.3) is 11.3 Å². The fraction of sp³-hybridized carbons (Fsp3) is 0.0526. The lowest BCUT2D eigenvalue weighted by Crippen LogP contribution is -2.11. The molecule has 0 saturated carbocycles. The van der Waals surface area contributed by atoms with Gasteiger partial charge < -0.3 is 9.73 Å². The molecular formula is C19H14FNO3. The maximum atomic E-state index is 13.8. The van der Waals surface area contributed by atoms with Gasteiger partial charge >= 0.3 is 0 Å². The topological polar surface area (TPSA) is 59.3 Å². The summed E-state index contributed by atoms with van der Waals surface area (Å²) in [5.74, 6) is -0.658. The van der Waals surface area contributed by atoms with Crippen molar-refractivity contribution in [2.75, 3.05) is 5.32 Å². The van der Waals surface area contributed by atoms with Gasteiger partial charge in [-0.3, -0.25) is 9.59 Å². The van der Waals surface area contributed by atoms with E-state index >= 15 is 0 Å². The number of amides is 1. The molecule has 0 atom stereocenters. The van der Waals surface area contributed by atoms with Crippen molar-refractivity contribution in [3.63, 3.8) is 0 Å². The molecule has 0 unspecified atom stereocenters. The van der Waals surface area contributed by atoms with Gasteiger partial charge in [-0.1, -0.05) is 24.3 Å². The lowest BCUT2D eigenvalue weighted by atomic mass is 10.1. The largest absolute Gasteiger partial charge is 0.451 e. The molecule has 24 heavy (non-hydrogen) atoms. The molecule has 120 valence electrons. The molecule has 1 heterocycles. The Morgan fingerprint density at radius 3 is 2.54 bits per heavy atom. The van der Waals surface area contributed by atoms with Crippen LogP contribution >= 0.6 is 0 Å². The molecule has 0 aliphatic rings. The Morgan fingerprint density at radius 2 is 1.79 bits per heavy atom. The van der Waals surface area contributed by atoms with E-state index in [-0.39, 0.29) is 22.9 Å². The molecule has 0 saturated heterocycles. The van der Waals surface area contributed by atoms with E-state index in [1.54, 1.807) is 48.5 Å². The summed E-state index contributed by atoms with van der Waals surface area (Å²) in [5, 5.41) is 2.65. The second kappa shape index (κ2) is 6.50. The SMILES string of the molecule is CC(=O)c1cccc(NC(=O)c2ccc(-c3ccccc3F)o2)c1. The summed E-state index contributed by atoms with van der Waals surface area (Å²) in [5.41, 5.74) is 1.27. The lowest BCUT2D eigenvalue weighted by molar-refractivity contribution is 0.0992. The highest BCUT2D eigenvalue weighted by Gasteiger charge is 2.14. The smallest absolute Gasteiger partial charge is 0.291 e. The van der Waals surface area contributed by atoms with E-state index in [2.05, 4.69) is 5.32 Å². The minimum atomic E-state index is -0.474. The minimum Gasteiger partial charge on any atom is -0.451 e. The molecule has 0 bridgehead atoms. The highest BCUT2D eigenvalue weighted by molar-refractivity contribution is 6.03. The number of anilines is 1. The Balaban J connectivity index is 1.81. The van der Waals surface area contributed by atoms with Crippen molar-refractivity contribution in [3.8, 4) is 11.3 Å². The first-order valence-electron chi connectivity index (χ1n) is 7.31. The second-order valence-corrected chi connectivity index (χ2v) is 5.23. The molecule has 3 rings (SSSR count). The number of rotatable bonds is 4. The third kappa shape index (κ3) is 3.25.